The van der Waals surface area contributed by atoms with Crippen LogP contribution in [0.25, 0.3) is 0 Å². The number of carbonyl (C=O) groups excluding carboxylic acids is 2. The number of esters is 2. The largest absolute Gasteiger partial charge is 0.391 e. The van der Waals surface area contributed by atoms with E-state index in [1.54, 1.807) is 11.1 Å². The molecule has 1 aliphatic heterocycles. The van der Waals surface area contributed by atoms with Crippen LogP contribution in [0.15, 0.2) is 11.6 Å². The third-order valence-corrected chi connectivity index (χ3v) is 3.19. The Balaban J connectivity index is 2.10. The van der Waals surface area contributed by atoms with Gasteiger partial charge in [0, 0.05) is 11.6 Å². The summed E-state index contributed by atoms with van der Waals surface area (Å²) in [4.78, 5) is 28.0. The summed E-state index contributed by atoms with van der Waals surface area (Å²) >= 11 is 1.51. The summed E-state index contributed by atoms with van der Waals surface area (Å²) in [7, 11) is 0. The second-order valence-electron chi connectivity index (χ2n) is 3.30. The number of carbonyl (C=O) groups is 2. The van der Waals surface area contributed by atoms with E-state index in [4.69, 9.17) is 0 Å². The molecule has 6 heteroatoms. The van der Waals surface area contributed by atoms with E-state index in [0.717, 1.165) is 5.01 Å². The minimum absolute atomic E-state index is 0.0261. The Labute approximate surface area is 90.7 Å². The maximum Gasteiger partial charge on any atom is 0.327 e. The zero-order valence-electron chi connectivity index (χ0n) is 8.17. The molecule has 0 N–H and O–H groups in total. The van der Waals surface area contributed by atoms with Crippen LogP contribution in [-0.2, 0) is 14.3 Å². The molecule has 0 radical (unpaired) electrons. The van der Waals surface area contributed by atoms with E-state index in [9.17, 15) is 9.59 Å². The van der Waals surface area contributed by atoms with Crippen LogP contribution in [0.4, 0.5) is 0 Å². The van der Waals surface area contributed by atoms with Crippen molar-refractivity contribution in [1.29, 1.82) is 0 Å². The van der Waals surface area contributed by atoms with Crippen molar-refractivity contribution >= 4 is 23.3 Å². The number of nitrogens with zero attached hydrogens (tertiary/aromatic N) is 2. The lowest BCUT2D eigenvalue weighted by atomic mass is 10.2. The molecule has 2 heterocycles. The van der Waals surface area contributed by atoms with Gasteiger partial charge in [-0.25, -0.2) is 4.98 Å². The van der Waals surface area contributed by atoms with Gasteiger partial charge in [0.25, 0.3) is 0 Å². The molecule has 1 aromatic rings. The molecule has 1 atom stereocenters. The smallest absolute Gasteiger partial charge is 0.327 e. The Morgan fingerprint density at radius 3 is 2.67 bits per heavy atom. The highest BCUT2D eigenvalue weighted by Crippen LogP contribution is 2.22. The van der Waals surface area contributed by atoms with E-state index in [0.29, 0.717) is 0 Å². The number of ether oxygens (including phenoxy) is 1. The topological polar surface area (TPSA) is 59.5 Å². The predicted molar refractivity (Wildman–Crippen MR) is 53.2 cm³/mol. The van der Waals surface area contributed by atoms with E-state index in [-0.39, 0.29) is 19.1 Å². The first kappa shape index (κ1) is 10.3. The van der Waals surface area contributed by atoms with Crippen LogP contribution in [-0.4, -0.2) is 34.9 Å². The van der Waals surface area contributed by atoms with E-state index in [1.807, 2.05) is 12.3 Å². The molecule has 15 heavy (non-hydrogen) atoms. The van der Waals surface area contributed by atoms with Gasteiger partial charge < -0.3 is 4.74 Å². The second kappa shape index (κ2) is 4.08. The van der Waals surface area contributed by atoms with E-state index in [1.165, 1.54) is 11.3 Å². The van der Waals surface area contributed by atoms with Crippen molar-refractivity contribution in [1.82, 2.24) is 9.88 Å². The fourth-order valence-corrected chi connectivity index (χ4v) is 2.18. The molecule has 2 rings (SSSR count). The lowest BCUT2D eigenvalue weighted by Crippen LogP contribution is -2.43. The maximum absolute atomic E-state index is 11.1. The SMILES string of the molecule is CC(c1nccs1)N1CC(=O)OC(=O)C1. The molecule has 0 bridgehead atoms. The Kier molecular flexibility index (Phi) is 2.79. The average molecular weight is 226 g/mol. The highest BCUT2D eigenvalue weighted by atomic mass is 32.1. The van der Waals surface area contributed by atoms with Gasteiger partial charge >= 0.3 is 11.9 Å². The summed E-state index contributed by atoms with van der Waals surface area (Å²) in [6, 6.07) is -0.0261. The minimum Gasteiger partial charge on any atom is -0.391 e. The number of morpholine rings is 1. The van der Waals surface area contributed by atoms with Crippen molar-refractivity contribution in [3.8, 4) is 0 Å². The summed E-state index contributed by atoms with van der Waals surface area (Å²) in [6.45, 7) is 2.21. The van der Waals surface area contributed by atoms with E-state index in [2.05, 4.69) is 9.72 Å². The number of thiazole rings is 1. The van der Waals surface area contributed by atoms with Gasteiger partial charge in [0.05, 0.1) is 19.1 Å². The summed E-state index contributed by atoms with van der Waals surface area (Å²) in [5.74, 6) is -0.982. The van der Waals surface area contributed by atoms with Crippen LogP contribution >= 0.6 is 11.3 Å². The van der Waals surface area contributed by atoms with Crippen LogP contribution in [0.5, 0.6) is 0 Å². The zero-order chi connectivity index (χ0) is 10.8. The first-order valence-electron chi connectivity index (χ1n) is 4.54. The molecular weight excluding hydrogens is 216 g/mol. The Morgan fingerprint density at radius 1 is 1.47 bits per heavy atom. The van der Waals surface area contributed by atoms with Crippen LogP contribution in [0, 0.1) is 0 Å². The number of aromatic nitrogens is 1. The van der Waals surface area contributed by atoms with Gasteiger partial charge in [-0.15, -0.1) is 11.3 Å². The van der Waals surface area contributed by atoms with Crippen molar-refractivity contribution in [2.45, 2.75) is 13.0 Å². The molecule has 0 amide bonds. The molecule has 80 valence electrons. The monoisotopic (exact) mass is 226 g/mol. The molecule has 1 fully saturated rings. The van der Waals surface area contributed by atoms with Crippen molar-refractivity contribution in [2.75, 3.05) is 13.1 Å². The van der Waals surface area contributed by atoms with Gasteiger partial charge in [0.2, 0.25) is 0 Å². The Morgan fingerprint density at radius 2 is 2.13 bits per heavy atom. The van der Waals surface area contributed by atoms with Crippen molar-refractivity contribution in [3.63, 3.8) is 0 Å². The van der Waals surface area contributed by atoms with Crippen LogP contribution < -0.4 is 0 Å². The molecule has 0 aliphatic carbocycles. The number of cyclic esters (lactones) is 2. The van der Waals surface area contributed by atoms with Gasteiger partial charge in [-0.2, -0.15) is 0 Å². The Hall–Kier alpha value is -1.27. The lowest BCUT2D eigenvalue weighted by Gasteiger charge is -2.28. The molecule has 0 aromatic carbocycles. The standard InChI is InChI=1S/C9H10N2O3S/c1-6(9-10-2-3-15-9)11-4-7(12)14-8(13)5-11/h2-3,6H,4-5H2,1H3. The fraction of sp³-hybridized carbons (Fsp3) is 0.444. The predicted octanol–water partition coefficient (Wildman–Crippen LogP) is 0.590. The first-order valence-corrected chi connectivity index (χ1v) is 5.41. The summed E-state index contributed by atoms with van der Waals surface area (Å²) in [5, 5.41) is 2.77. The molecule has 1 aliphatic rings. The van der Waals surface area contributed by atoms with E-state index < -0.39 is 11.9 Å². The third-order valence-electron chi connectivity index (χ3n) is 2.25. The number of rotatable bonds is 2. The van der Waals surface area contributed by atoms with Gasteiger partial charge in [-0.3, -0.25) is 14.5 Å². The highest BCUT2D eigenvalue weighted by molar-refractivity contribution is 7.09. The number of hydrogen-bond donors (Lipinski definition) is 0. The molecule has 1 saturated heterocycles. The summed E-state index contributed by atoms with van der Waals surface area (Å²) in [5.41, 5.74) is 0. The van der Waals surface area contributed by atoms with E-state index >= 15 is 0 Å². The van der Waals surface area contributed by atoms with Gasteiger partial charge in [0.1, 0.15) is 5.01 Å². The zero-order valence-corrected chi connectivity index (χ0v) is 8.99. The first-order chi connectivity index (χ1) is 7.16. The normalized spacial score (nSPS) is 20.1. The average Bonchev–Trinajstić information content (AvgIpc) is 2.67. The Bertz CT molecular complexity index is 361. The summed E-state index contributed by atoms with van der Waals surface area (Å²) < 4.78 is 4.45. The third kappa shape index (κ3) is 2.21. The molecule has 0 spiro atoms. The van der Waals surface area contributed by atoms with Crippen LogP contribution in [0.2, 0.25) is 0 Å². The number of hydrogen-bond acceptors (Lipinski definition) is 6. The molecule has 1 unspecified atom stereocenters. The van der Waals surface area contributed by atoms with Crippen LogP contribution in [0.3, 0.4) is 0 Å². The van der Waals surface area contributed by atoms with Gasteiger partial charge in [0.15, 0.2) is 0 Å². The lowest BCUT2D eigenvalue weighted by molar-refractivity contribution is -0.167. The molecular formula is C9H10N2O3S. The van der Waals surface area contributed by atoms with Gasteiger partial charge in [-0.1, -0.05) is 0 Å². The molecule has 5 nitrogen and oxygen atoms in total. The van der Waals surface area contributed by atoms with Gasteiger partial charge in [-0.05, 0) is 6.92 Å². The van der Waals surface area contributed by atoms with Crippen molar-refractivity contribution in [3.05, 3.63) is 16.6 Å². The highest BCUT2D eigenvalue weighted by Gasteiger charge is 2.29. The fourth-order valence-electron chi connectivity index (χ4n) is 1.45. The maximum atomic E-state index is 11.1. The quantitative estimate of drug-likeness (QED) is 0.545. The molecule has 1 aromatic heterocycles. The minimum atomic E-state index is -0.491. The van der Waals surface area contributed by atoms with Crippen molar-refractivity contribution < 1.29 is 14.3 Å². The summed E-state index contributed by atoms with van der Waals surface area (Å²) in [6.07, 6.45) is 1.71. The van der Waals surface area contributed by atoms with Crippen LogP contribution in [0.1, 0.15) is 18.0 Å². The van der Waals surface area contributed by atoms with Crippen molar-refractivity contribution in [2.24, 2.45) is 0 Å². The second-order valence-corrected chi connectivity index (χ2v) is 4.22. The molecule has 0 saturated carbocycles.